The van der Waals surface area contributed by atoms with Gasteiger partial charge in [0.25, 0.3) is 0 Å². The Morgan fingerprint density at radius 3 is 2.58 bits per heavy atom. The van der Waals surface area contributed by atoms with Gasteiger partial charge in [-0.15, -0.1) is 0 Å². The van der Waals surface area contributed by atoms with Gasteiger partial charge < -0.3 is 4.52 Å². The topological polar surface area (TPSA) is 72.6 Å². The van der Waals surface area contributed by atoms with E-state index in [1.165, 1.54) is 12.1 Å². The second-order valence-corrected chi connectivity index (χ2v) is 8.51. The summed E-state index contributed by atoms with van der Waals surface area (Å²) >= 11 is 0. The quantitative estimate of drug-likeness (QED) is 0.780. The Kier molecular flexibility index (Phi) is 3.89. The molecule has 132 valence electrons. The largest absolute Gasteiger partial charge is 0.356 e. The maximum absolute atomic E-state index is 14.0. The smallest absolute Gasteiger partial charge is 0.195 e. The highest BCUT2D eigenvalue weighted by Gasteiger charge is 2.44. The molecule has 1 unspecified atom stereocenters. The van der Waals surface area contributed by atoms with Gasteiger partial charge in [0.15, 0.2) is 32.9 Å². The summed E-state index contributed by atoms with van der Waals surface area (Å²) in [6, 6.07) is 0.630. The Bertz CT molecular complexity index is 910. The maximum atomic E-state index is 14.0. The molecule has 0 aliphatic carbocycles. The van der Waals surface area contributed by atoms with E-state index in [4.69, 9.17) is 9.36 Å². The lowest BCUT2D eigenvalue weighted by Gasteiger charge is -2.18. The van der Waals surface area contributed by atoms with Crippen molar-refractivity contribution in [2.45, 2.75) is 37.0 Å². The third-order valence-electron chi connectivity index (χ3n) is 3.88. The SMILES string of the molecule is CN1OC(C)(C)CC1S(=O)(=O)Cc1noc2cc(F)c(F)c(F)c12. The number of sulfone groups is 1. The van der Waals surface area contributed by atoms with E-state index in [-0.39, 0.29) is 17.7 Å². The lowest BCUT2D eigenvalue weighted by molar-refractivity contribution is -0.168. The molecule has 1 fully saturated rings. The molecule has 2 aromatic rings. The van der Waals surface area contributed by atoms with E-state index in [0.29, 0.717) is 6.07 Å². The van der Waals surface area contributed by atoms with E-state index in [1.54, 1.807) is 13.8 Å². The summed E-state index contributed by atoms with van der Waals surface area (Å²) in [5.74, 6) is -5.34. The van der Waals surface area contributed by atoms with Crippen molar-refractivity contribution in [3.63, 3.8) is 0 Å². The Balaban J connectivity index is 2.00. The van der Waals surface area contributed by atoms with Crippen LogP contribution < -0.4 is 0 Å². The maximum Gasteiger partial charge on any atom is 0.195 e. The van der Waals surface area contributed by atoms with Crippen LogP contribution in [0.2, 0.25) is 0 Å². The highest BCUT2D eigenvalue weighted by Crippen LogP contribution is 2.34. The molecule has 1 saturated heterocycles. The first kappa shape index (κ1) is 17.2. The second-order valence-electron chi connectivity index (χ2n) is 6.35. The number of hydroxylamine groups is 2. The van der Waals surface area contributed by atoms with E-state index in [9.17, 15) is 21.6 Å². The lowest BCUT2D eigenvalue weighted by Crippen LogP contribution is -2.33. The number of fused-ring (bicyclic) bond motifs is 1. The number of hydrogen-bond donors (Lipinski definition) is 0. The molecular weight excluding hydrogens is 349 g/mol. The fourth-order valence-electron chi connectivity index (χ4n) is 2.84. The van der Waals surface area contributed by atoms with Crippen LogP contribution >= 0.6 is 0 Å². The Hall–Kier alpha value is -1.65. The summed E-state index contributed by atoms with van der Waals surface area (Å²) in [6.45, 7) is 3.48. The van der Waals surface area contributed by atoms with Crippen molar-refractivity contribution in [1.82, 2.24) is 10.2 Å². The zero-order valence-electron chi connectivity index (χ0n) is 13.1. The summed E-state index contributed by atoms with van der Waals surface area (Å²) in [6.07, 6.45) is 0.201. The minimum atomic E-state index is -3.84. The first-order chi connectivity index (χ1) is 11.0. The molecule has 0 radical (unpaired) electrons. The number of nitrogens with zero attached hydrogens (tertiary/aromatic N) is 2. The van der Waals surface area contributed by atoms with Gasteiger partial charge in [-0.05, 0) is 13.8 Å². The third kappa shape index (κ3) is 2.78. The van der Waals surface area contributed by atoms with Crippen molar-refractivity contribution in [3.8, 4) is 0 Å². The first-order valence-electron chi connectivity index (χ1n) is 7.07. The summed E-state index contributed by atoms with van der Waals surface area (Å²) in [7, 11) is -2.36. The molecule has 2 heterocycles. The van der Waals surface area contributed by atoms with Gasteiger partial charge in [-0.2, -0.15) is 5.06 Å². The van der Waals surface area contributed by atoms with Crippen LogP contribution in [0, 0.1) is 17.5 Å². The minimum Gasteiger partial charge on any atom is -0.356 e. The van der Waals surface area contributed by atoms with Crippen LogP contribution in [0.5, 0.6) is 0 Å². The number of hydrogen-bond acceptors (Lipinski definition) is 6. The van der Waals surface area contributed by atoms with Crippen LogP contribution in [0.15, 0.2) is 10.6 Å². The van der Waals surface area contributed by atoms with Gasteiger partial charge in [0.05, 0.1) is 16.7 Å². The van der Waals surface area contributed by atoms with Crippen molar-refractivity contribution in [2.24, 2.45) is 0 Å². The molecular formula is C14H15F3N2O4S. The van der Waals surface area contributed by atoms with Gasteiger partial charge in [-0.3, -0.25) is 4.84 Å². The van der Waals surface area contributed by atoms with Crippen LogP contribution in [-0.2, 0) is 20.4 Å². The molecule has 10 heteroatoms. The summed E-state index contributed by atoms with van der Waals surface area (Å²) < 4.78 is 70.5. The predicted octanol–water partition coefficient (Wildman–Crippen LogP) is 2.53. The fraction of sp³-hybridized carbons (Fsp3) is 0.500. The predicted molar refractivity (Wildman–Crippen MR) is 77.8 cm³/mol. The third-order valence-corrected chi connectivity index (χ3v) is 5.85. The van der Waals surface area contributed by atoms with Gasteiger partial charge in [0.1, 0.15) is 11.1 Å². The Morgan fingerprint density at radius 1 is 1.33 bits per heavy atom. The summed E-state index contributed by atoms with van der Waals surface area (Å²) in [4.78, 5) is 5.44. The molecule has 3 rings (SSSR count). The lowest BCUT2D eigenvalue weighted by atomic mass is 10.1. The summed E-state index contributed by atoms with van der Waals surface area (Å²) in [5, 5.41) is 3.25. The van der Waals surface area contributed by atoms with Crippen molar-refractivity contribution >= 4 is 20.8 Å². The van der Waals surface area contributed by atoms with Crippen molar-refractivity contribution in [3.05, 3.63) is 29.2 Å². The normalized spacial score (nSPS) is 21.7. The molecule has 0 spiro atoms. The van der Waals surface area contributed by atoms with Crippen LogP contribution in [0.4, 0.5) is 13.2 Å². The molecule has 24 heavy (non-hydrogen) atoms. The van der Waals surface area contributed by atoms with Crippen LogP contribution in [-0.4, -0.2) is 36.7 Å². The van der Waals surface area contributed by atoms with E-state index in [0.717, 1.165) is 0 Å². The summed E-state index contributed by atoms with van der Waals surface area (Å²) in [5.41, 5.74) is -1.33. The fourth-order valence-corrected chi connectivity index (χ4v) is 4.76. The molecule has 0 amide bonds. The molecule has 1 atom stereocenters. The highest BCUT2D eigenvalue weighted by molar-refractivity contribution is 7.91. The Morgan fingerprint density at radius 2 is 2.00 bits per heavy atom. The minimum absolute atomic E-state index is 0.201. The second kappa shape index (κ2) is 5.43. The van der Waals surface area contributed by atoms with E-state index in [1.807, 2.05) is 0 Å². The standard InChI is InChI=1S/C14H15F3N2O4S/c1-14(2)5-10(19(3)23-14)24(20,21)6-8-11-9(22-18-8)4-7(15)12(16)13(11)17/h4,10H,5-6H2,1-3H3. The number of benzene rings is 1. The molecule has 0 saturated carbocycles. The molecule has 6 nitrogen and oxygen atoms in total. The van der Waals surface area contributed by atoms with Crippen LogP contribution in [0.3, 0.4) is 0 Å². The zero-order chi connectivity index (χ0) is 17.9. The van der Waals surface area contributed by atoms with Gasteiger partial charge >= 0.3 is 0 Å². The zero-order valence-corrected chi connectivity index (χ0v) is 14.0. The monoisotopic (exact) mass is 364 g/mol. The van der Waals surface area contributed by atoms with Crippen molar-refractivity contribution in [2.75, 3.05) is 7.05 Å². The van der Waals surface area contributed by atoms with Crippen molar-refractivity contribution < 1.29 is 30.9 Å². The molecule has 0 N–H and O–H groups in total. The number of aromatic nitrogens is 1. The van der Waals surface area contributed by atoms with Gasteiger partial charge in [-0.25, -0.2) is 21.6 Å². The van der Waals surface area contributed by atoms with E-state index in [2.05, 4.69) is 5.16 Å². The molecule has 1 aromatic carbocycles. The number of rotatable bonds is 3. The molecule has 1 aliphatic heterocycles. The molecule has 0 bridgehead atoms. The van der Waals surface area contributed by atoms with Gasteiger partial charge in [0, 0.05) is 19.5 Å². The Labute approximate surface area is 136 Å². The van der Waals surface area contributed by atoms with E-state index < -0.39 is 49.4 Å². The molecule has 1 aromatic heterocycles. The van der Waals surface area contributed by atoms with Crippen molar-refractivity contribution in [1.29, 1.82) is 0 Å². The first-order valence-corrected chi connectivity index (χ1v) is 8.79. The average Bonchev–Trinajstić information content (AvgIpc) is 2.96. The van der Waals surface area contributed by atoms with Gasteiger partial charge in [0.2, 0.25) is 0 Å². The van der Waals surface area contributed by atoms with Crippen LogP contribution in [0.25, 0.3) is 11.0 Å². The average molecular weight is 364 g/mol. The van der Waals surface area contributed by atoms with Crippen LogP contribution in [0.1, 0.15) is 26.0 Å². The highest BCUT2D eigenvalue weighted by atomic mass is 32.2. The van der Waals surface area contributed by atoms with Gasteiger partial charge in [-0.1, -0.05) is 5.16 Å². The van der Waals surface area contributed by atoms with E-state index >= 15 is 0 Å². The molecule has 1 aliphatic rings. The number of halogens is 3.